The minimum absolute atomic E-state index is 0.0119. The van der Waals surface area contributed by atoms with Crippen molar-refractivity contribution in [3.8, 4) is 0 Å². The Kier molecular flexibility index (Phi) is 63.0. The maximum absolute atomic E-state index is 13.0. The zero-order valence-electron chi connectivity index (χ0n) is 56.0. The number of carbonyl (C=O) groups is 1. The largest absolute Gasteiger partial charge is 0.756 e. The first-order valence-corrected chi connectivity index (χ1v) is 36.9. The summed E-state index contributed by atoms with van der Waals surface area (Å²) in [6, 6.07) is -0.916. The van der Waals surface area contributed by atoms with Gasteiger partial charge in [0, 0.05) is 6.42 Å². The average molecular weight is 1200 g/mol. The lowest BCUT2D eigenvalue weighted by molar-refractivity contribution is -0.870. The van der Waals surface area contributed by atoms with Crippen molar-refractivity contribution >= 4 is 13.7 Å². The third kappa shape index (κ3) is 68.3. The van der Waals surface area contributed by atoms with Gasteiger partial charge in [-0.15, -0.1) is 0 Å². The summed E-state index contributed by atoms with van der Waals surface area (Å²) in [4.78, 5) is 25.6. The highest BCUT2D eigenvalue weighted by Crippen LogP contribution is 2.38. The molecule has 0 spiro atoms. The number of hydrogen-bond acceptors (Lipinski definition) is 6. The van der Waals surface area contributed by atoms with Gasteiger partial charge >= 0.3 is 0 Å². The van der Waals surface area contributed by atoms with E-state index in [-0.39, 0.29) is 12.5 Å². The summed E-state index contributed by atoms with van der Waals surface area (Å²) in [6.45, 7) is 4.52. The third-order valence-corrected chi connectivity index (χ3v) is 16.3. The van der Waals surface area contributed by atoms with Gasteiger partial charge in [-0.1, -0.05) is 315 Å². The van der Waals surface area contributed by atoms with E-state index in [1.54, 1.807) is 6.08 Å². The number of phosphoric acid groups is 1. The molecule has 0 aliphatic heterocycles. The quantitative estimate of drug-likeness (QED) is 0.0272. The number of unbranched alkanes of at least 4 members (excludes halogenated alkanes) is 33. The first kappa shape index (κ1) is 81.9. The number of amides is 1. The van der Waals surface area contributed by atoms with Crippen molar-refractivity contribution < 1.29 is 32.9 Å². The number of hydrogen-bond donors (Lipinski definition) is 2. The van der Waals surface area contributed by atoms with Crippen molar-refractivity contribution in [2.75, 3.05) is 40.9 Å². The highest BCUT2D eigenvalue weighted by atomic mass is 31.2. The van der Waals surface area contributed by atoms with Crippen molar-refractivity contribution in [1.82, 2.24) is 5.32 Å². The Morgan fingerprint density at radius 3 is 1.09 bits per heavy atom. The third-order valence-electron chi connectivity index (χ3n) is 15.4. The number of nitrogens with zero attached hydrogens (tertiary/aromatic N) is 1. The molecule has 8 nitrogen and oxygen atoms in total. The van der Waals surface area contributed by atoms with E-state index < -0.39 is 26.6 Å². The van der Waals surface area contributed by atoms with Crippen LogP contribution in [0.4, 0.5) is 0 Å². The lowest BCUT2D eigenvalue weighted by Crippen LogP contribution is -2.45. The molecule has 85 heavy (non-hydrogen) atoms. The molecule has 0 aromatic heterocycles. The van der Waals surface area contributed by atoms with Gasteiger partial charge in [-0.25, -0.2) is 0 Å². The Morgan fingerprint density at radius 1 is 0.424 bits per heavy atom. The van der Waals surface area contributed by atoms with Crippen molar-refractivity contribution in [2.24, 2.45) is 0 Å². The molecule has 3 unspecified atom stereocenters. The molecule has 0 aromatic rings. The second-order valence-electron chi connectivity index (χ2n) is 24.8. The number of aliphatic hydroxyl groups is 1. The maximum Gasteiger partial charge on any atom is 0.268 e. The van der Waals surface area contributed by atoms with Crippen LogP contribution in [0.1, 0.15) is 303 Å². The van der Waals surface area contributed by atoms with E-state index in [9.17, 15) is 19.4 Å². The Morgan fingerprint density at radius 2 is 0.729 bits per heavy atom. The predicted molar refractivity (Wildman–Crippen MR) is 371 cm³/mol. The Bertz CT molecular complexity index is 1800. The molecular weight excluding hydrogens is 1070 g/mol. The maximum atomic E-state index is 13.0. The van der Waals surface area contributed by atoms with Crippen LogP contribution in [0.2, 0.25) is 0 Å². The van der Waals surface area contributed by atoms with E-state index in [1.165, 1.54) is 193 Å². The molecule has 2 N–H and O–H groups in total. The molecule has 0 saturated heterocycles. The molecule has 3 atom stereocenters. The van der Waals surface area contributed by atoms with Crippen LogP contribution >= 0.6 is 7.82 Å². The second kappa shape index (κ2) is 65.3. The Labute approximate surface area is 526 Å². The van der Waals surface area contributed by atoms with Crippen molar-refractivity contribution in [2.45, 2.75) is 315 Å². The summed E-state index contributed by atoms with van der Waals surface area (Å²) in [6.07, 6.45) is 97.6. The summed E-state index contributed by atoms with van der Waals surface area (Å²) < 4.78 is 23.4. The predicted octanol–water partition coefficient (Wildman–Crippen LogP) is 22.2. The number of phosphoric ester groups is 1. The summed E-state index contributed by atoms with van der Waals surface area (Å²) in [5.41, 5.74) is 0. The number of quaternary nitrogens is 1. The number of nitrogens with one attached hydrogen (secondary N) is 1. The molecule has 490 valence electrons. The zero-order chi connectivity index (χ0) is 61.9. The van der Waals surface area contributed by atoms with Crippen LogP contribution in [-0.4, -0.2) is 68.5 Å². The fourth-order valence-corrected chi connectivity index (χ4v) is 10.7. The topological polar surface area (TPSA) is 108 Å². The van der Waals surface area contributed by atoms with E-state index in [0.717, 1.165) is 89.9 Å². The molecule has 0 aromatic carbocycles. The Hall–Kier alpha value is -3.10. The number of rotatable bonds is 64. The van der Waals surface area contributed by atoms with E-state index in [0.29, 0.717) is 17.4 Å². The lowest BCUT2D eigenvalue weighted by Gasteiger charge is -2.29. The van der Waals surface area contributed by atoms with E-state index >= 15 is 0 Å². The molecule has 0 heterocycles. The van der Waals surface area contributed by atoms with Crippen LogP contribution in [0.3, 0.4) is 0 Å². The van der Waals surface area contributed by atoms with Gasteiger partial charge in [0.15, 0.2) is 0 Å². The van der Waals surface area contributed by atoms with Gasteiger partial charge < -0.3 is 28.8 Å². The smallest absolute Gasteiger partial charge is 0.268 e. The van der Waals surface area contributed by atoms with Crippen LogP contribution < -0.4 is 10.2 Å². The van der Waals surface area contributed by atoms with Crippen molar-refractivity contribution in [1.29, 1.82) is 0 Å². The number of allylic oxidation sites excluding steroid dienone is 19. The van der Waals surface area contributed by atoms with Crippen LogP contribution in [0, 0.1) is 0 Å². The molecule has 9 heteroatoms. The van der Waals surface area contributed by atoms with Crippen LogP contribution in [0.25, 0.3) is 0 Å². The molecule has 1 amide bonds. The van der Waals surface area contributed by atoms with E-state index in [1.807, 2.05) is 27.2 Å². The standard InChI is InChI=1S/C76H135N2O6P/c1-6-8-10-12-14-16-18-20-22-24-26-28-30-31-32-33-34-35-36-37-38-39-40-41-42-43-44-45-46-47-48-50-52-54-56-58-60-62-64-66-68-70-76(80)77-74(73-84-85(81,82)83-72-71-78(3,4)5)75(79)69-67-65-63-61-59-57-55-53-51-49-29-27-25-23-21-19-17-15-13-11-9-7-2/h8,10,14,16,20,22,26,28,31-32,34-35,37-38,51,53,59,61,67,69,74-75,79H,6-7,9,11-13,15,17-19,21,23-25,27,29-30,33,36,39-50,52,54-58,60,62-66,68,70-73H2,1-5H3,(H-,77,80,81,82)/b10-8-,16-14-,22-20-,28-26-,32-31-,35-34-,38-37-,53-51+,61-59+,69-67+. The molecule has 0 aliphatic carbocycles. The van der Waals surface area contributed by atoms with Gasteiger partial charge in [0.2, 0.25) is 5.91 Å². The minimum atomic E-state index is -4.62. The normalized spacial score (nSPS) is 14.4. The molecule has 0 saturated carbocycles. The second-order valence-corrected chi connectivity index (χ2v) is 26.2. The van der Waals surface area contributed by atoms with Crippen molar-refractivity contribution in [3.05, 3.63) is 122 Å². The number of likely N-dealkylation sites (N-methyl/N-ethyl adjacent to an activating group) is 1. The van der Waals surface area contributed by atoms with Crippen molar-refractivity contribution in [3.63, 3.8) is 0 Å². The summed E-state index contributed by atoms with van der Waals surface area (Å²) >= 11 is 0. The molecule has 0 aliphatic rings. The SMILES string of the molecule is CC/C=C\C/C=C\C/C=C\C/C=C\C/C=C\C/C=C\C/C=C\CCCCCCCCCCCCCCCCCCCCCC(=O)NC(COP(=O)([O-])OCC[N+](C)(C)C)C(O)/C=C/CC/C=C/CC/C=C/CCCCCCCCCCCCCC. The number of carbonyl (C=O) groups excluding carboxylic acids is 1. The molecular formula is C76H135N2O6P. The van der Waals surface area contributed by atoms with Gasteiger partial charge in [0.25, 0.3) is 7.82 Å². The first-order chi connectivity index (χ1) is 41.5. The van der Waals surface area contributed by atoms with Gasteiger partial charge in [0.05, 0.1) is 39.9 Å². The van der Waals surface area contributed by atoms with Gasteiger partial charge in [0.1, 0.15) is 13.2 Å². The molecule has 0 radical (unpaired) electrons. The highest BCUT2D eigenvalue weighted by molar-refractivity contribution is 7.45. The summed E-state index contributed by atoms with van der Waals surface area (Å²) in [5, 5.41) is 13.9. The van der Waals surface area contributed by atoms with Crippen LogP contribution in [-0.2, 0) is 18.4 Å². The fraction of sp³-hybridized carbons (Fsp3) is 0.724. The van der Waals surface area contributed by atoms with Crippen LogP contribution in [0.5, 0.6) is 0 Å². The average Bonchev–Trinajstić information content (AvgIpc) is 3.48. The summed E-state index contributed by atoms with van der Waals surface area (Å²) in [5.74, 6) is -0.211. The Balaban J connectivity index is 4.05. The highest BCUT2D eigenvalue weighted by Gasteiger charge is 2.23. The minimum Gasteiger partial charge on any atom is -0.756 e. The number of aliphatic hydroxyl groups excluding tert-OH is 1. The zero-order valence-corrected chi connectivity index (χ0v) is 56.9. The first-order valence-electron chi connectivity index (χ1n) is 35.4. The monoisotopic (exact) mass is 1200 g/mol. The fourth-order valence-electron chi connectivity index (χ4n) is 9.93. The summed E-state index contributed by atoms with van der Waals surface area (Å²) in [7, 11) is 1.23. The van der Waals surface area contributed by atoms with Crippen LogP contribution in [0.15, 0.2) is 122 Å². The van der Waals surface area contributed by atoms with Gasteiger partial charge in [-0.2, -0.15) is 0 Å². The van der Waals surface area contributed by atoms with Gasteiger partial charge in [-0.3, -0.25) is 9.36 Å². The lowest BCUT2D eigenvalue weighted by atomic mass is 10.0. The molecule has 0 fully saturated rings. The molecule has 0 rings (SSSR count). The van der Waals surface area contributed by atoms with Gasteiger partial charge in [-0.05, 0) is 103 Å². The molecule has 0 bridgehead atoms. The van der Waals surface area contributed by atoms with E-state index in [2.05, 4.69) is 129 Å². The van der Waals surface area contributed by atoms with E-state index in [4.69, 9.17) is 9.05 Å².